The monoisotopic (exact) mass is 310 g/mol. The van der Waals surface area contributed by atoms with Crippen LogP contribution in [0.25, 0.3) is 0 Å². The standard InChI is InChI=1S/C16H22O6/c1-10(17)12(6-7-15(18)22-5)16-13(20-3)8-11(19-2)9-14(16)21-4/h6-10,12,17H,1-5H3/b7-6+. The van der Waals surface area contributed by atoms with Gasteiger partial charge in [-0.1, -0.05) is 6.08 Å². The minimum Gasteiger partial charge on any atom is -0.496 e. The molecule has 0 radical (unpaired) electrons. The van der Waals surface area contributed by atoms with Gasteiger partial charge in [0.2, 0.25) is 0 Å². The third kappa shape index (κ3) is 4.14. The Bertz CT molecular complexity index is 510. The Morgan fingerprint density at radius 1 is 1.09 bits per heavy atom. The number of esters is 1. The van der Waals surface area contributed by atoms with Gasteiger partial charge in [0.1, 0.15) is 17.2 Å². The molecule has 6 heteroatoms. The highest BCUT2D eigenvalue weighted by Crippen LogP contribution is 2.41. The van der Waals surface area contributed by atoms with Crippen LogP contribution in [0.3, 0.4) is 0 Å². The van der Waals surface area contributed by atoms with E-state index in [-0.39, 0.29) is 0 Å². The Balaban J connectivity index is 3.40. The molecule has 1 rings (SSSR count). The van der Waals surface area contributed by atoms with E-state index in [9.17, 15) is 9.90 Å². The summed E-state index contributed by atoms with van der Waals surface area (Å²) < 4.78 is 20.5. The lowest BCUT2D eigenvalue weighted by Gasteiger charge is -2.22. The van der Waals surface area contributed by atoms with Crippen molar-refractivity contribution in [2.45, 2.75) is 18.9 Å². The first kappa shape index (κ1) is 17.8. The topological polar surface area (TPSA) is 74.2 Å². The van der Waals surface area contributed by atoms with E-state index >= 15 is 0 Å². The average molecular weight is 310 g/mol. The van der Waals surface area contributed by atoms with Gasteiger partial charge in [-0.25, -0.2) is 4.79 Å². The molecule has 6 nitrogen and oxygen atoms in total. The summed E-state index contributed by atoms with van der Waals surface area (Å²) in [6.07, 6.45) is 2.06. The quantitative estimate of drug-likeness (QED) is 0.612. The number of rotatable bonds is 7. The molecule has 22 heavy (non-hydrogen) atoms. The molecule has 0 fully saturated rings. The number of carbonyl (C=O) groups excluding carboxylic acids is 1. The van der Waals surface area contributed by atoms with Gasteiger partial charge in [-0.05, 0) is 6.92 Å². The van der Waals surface area contributed by atoms with Gasteiger partial charge < -0.3 is 24.1 Å². The van der Waals surface area contributed by atoms with Crippen LogP contribution >= 0.6 is 0 Å². The van der Waals surface area contributed by atoms with Gasteiger partial charge >= 0.3 is 5.97 Å². The van der Waals surface area contributed by atoms with Crippen molar-refractivity contribution in [3.63, 3.8) is 0 Å². The van der Waals surface area contributed by atoms with Crippen LogP contribution in [0, 0.1) is 0 Å². The number of benzene rings is 1. The van der Waals surface area contributed by atoms with Gasteiger partial charge in [-0.15, -0.1) is 0 Å². The van der Waals surface area contributed by atoms with Crippen molar-refractivity contribution < 1.29 is 28.8 Å². The second kappa shape index (κ2) is 8.29. The van der Waals surface area contributed by atoms with Crippen molar-refractivity contribution in [3.05, 3.63) is 29.8 Å². The molecule has 0 aromatic heterocycles. The van der Waals surface area contributed by atoms with Crippen molar-refractivity contribution in [1.29, 1.82) is 0 Å². The Morgan fingerprint density at radius 3 is 2.00 bits per heavy atom. The van der Waals surface area contributed by atoms with Gasteiger partial charge in [0.15, 0.2) is 0 Å². The number of aliphatic hydroxyl groups excluding tert-OH is 1. The zero-order chi connectivity index (χ0) is 16.7. The molecule has 2 unspecified atom stereocenters. The minimum absolute atomic E-state index is 0.497. The lowest BCUT2D eigenvalue weighted by atomic mass is 9.91. The smallest absolute Gasteiger partial charge is 0.330 e. The van der Waals surface area contributed by atoms with Crippen molar-refractivity contribution >= 4 is 5.97 Å². The molecule has 0 saturated carbocycles. The molecule has 1 aromatic carbocycles. The van der Waals surface area contributed by atoms with Crippen molar-refractivity contribution in [3.8, 4) is 17.2 Å². The molecule has 1 aromatic rings. The van der Waals surface area contributed by atoms with Gasteiger partial charge in [0.05, 0.1) is 34.5 Å². The molecule has 0 heterocycles. The van der Waals surface area contributed by atoms with Crippen LogP contribution in [0.5, 0.6) is 17.2 Å². The fourth-order valence-corrected chi connectivity index (χ4v) is 2.11. The summed E-state index contributed by atoms with van der Waals surface area (Å²) in [5.74, 6) is 0.555. The normalized spacial score (nSPS) is 13.5. The van der Waals surface area contributed by atoms with Gasteiger partial charge in [0.25, 0.3) is 0 Å². The van der Waals surface area contributed by atoms with Crippen LogP contribution in [-0.4, -0.2) is 45.6 Å². The molecular weight excluding hydrogens is 288 g/mol. The highest BCUT2D eigenvalue weighted by Gasteiger charge is 2.24. The maximum Gasteiger partial charge on any atom is 0.330 e. The fraction of sp³-hybridized carbons (Fsp3) is 0.438. The number of methoxy groups -OCH3 is 4. The zero-order valence-electron chi connectivity index (χ0n) is 13.5. The minimum atomic E-state index is -0.767. The second-order valence-electron chi connectivity index (χ2n) is 4.59. The summed E-state index contributed by atoms with van der Waals surface area (Å²) in [5, 5.41) is 10.1. The summed E-state index contributed by atoms with van der Waals surface area (Å²) in [4.78, 5) is 11.3. The molecule has 0 aliphatic carbocycles. The summed E-state index contributed by atoms with van der Waals surface area (Å²) in [6, 6.07) is 3.39. The Labute approximate surface area is 130 Å². The second-order valence-corrected chi connectivity index (χ2v) is 4.59. The van der Waals surface area contributed by atoms with E-state index in [1.54, 1.807) is 25.1 Å². The Morgan fingerprint density at radius 2 is 1.64 bits per heavy atom. The van der Waals surface area contributed by atoms with Crippen molar-refractivity contribution in [2.75, 3.05) is 28.4 Å². The average Bonchev–Trinajstić information content (AvgIpc) is 2.53. The number of aliphatic hydroxyl groups is 1. The third-order valence-electron chi connectivity index (χ3n) is 3.25. The largest absolute Gasteiger partial charge is 0.496 e. The molecule has 122 valence electrons. The Kier molecular flexibility index (Phi) is 6.72. The van der Waals surface area contributed by atoms with E-state index in [4.69, 9.17) is 14.2 Å². The number of ether oxygens (including phenoxy) is 4. The first-order chi connectivity index (χ1) is 10.5. The molecule has 1 N–H and O–H groups in total. The molecule has 2 atom stereocenters. The predicted octanol–water partition coefficient (Wildman–Crippen LogP) is 1.91. The van der Waals surface area contributed by atoms with Crippen molar-refractivity contribution in [1.82, 2.24) is 0 Å². The maximum absolute atomic E-state index is 11.3. The number of hydrogen-bond donors (Lipinski definition) is 1. The van der Waals surface area contributed by atoms with E-state index in [2.05, 4.69) is 4.74 Å². The molecule has 0 bridgehead atoms. The molecule has 0 aliphatic heterocycles. The first-order valence-electron chi connectivity index (χ1n) is 6.72. The SMILES string of the molecule is COC(=O)/C=C/C(c1c(OC)cc(OC)cc1OC)C(C)O. The van der Waals surface area contributed by atoms with E-state index in [0.29, 0.717) is 22.8 Å². The molecule has 0 aliphatic rings. The van der Waals surface area contributed by atoms with Crippen molar-refractivity contribution in [2.24, 2.45) is 0 Å². The van der Waals surface area contributed by atoms with Crippen LogP contribution in [0.4, 0.5) is 0 Å². The molecule has 0 spiro atoms. The van der Waals surface area contributed by atoms with E-state index in [1.807, 2.05) is 0 Å². The maximum atomic E-state index is 11.3. The highest BCUT2D eigenvalue weighted by molar-refractivity contribution is 5.82. The van der Waals surface area contributed by atoms with Crippen LogP contribution in [0.2, 0.25) is 0 Å². The lowest BCUT2D eigenvalue weighted by molar-refractivity contribution is -0.134. The van der Waals surface area contributed by atoms with E-state index in [1.165, 1.54) is 34.5 Å². The Hall–Kier alpha value is -2.21. The van der Waals surface area contributed by atoms with Crippen LogP contribution in [0.1, 0.15) is 18.4 Å². The molecule has 0 saturated heterocycles. The summed E-state index contributed by atoms with van der Waals surface area (Å²) in [6.45, 7) is 1.62. The van der Waals surface area contributed by atoms with Crippen LogP contribution in [0.15, 0.2) is 24.3 Å². The third-order valence-corrected chi connectivity index (χ3v) is 3.25. The first-order valence-corrected chi connectivity index (χ1v) is 6.72. The predicted molar refractivity (Wildman–Crippen MR) is 81.7 cm³/mol. The fourth-order valence-electron chi connectivity index (χ4n) is 2.11. The van der Waals surface area contributed by atoms with E-state index < -0.39 is 18.0 Å². The van der Waals surface area contributed by atoms with Crippen LogP contribution < -0.4 is 14.2 Å². The summed E-state index contributed by atoms with van der Waals surface area (Å²) >= 11 is 0. The lowest BCUT2D eigenvalue weighted by Crippen LogP contribution is -2.15. The highest BCUT2D eigenvalue weighted by atomic mass is 16.5. The van der Waals surface area contributed by atoms with Gasteiger partial charge in [0, 0.05) is 29.7 Å². The molecular formula is C16H22O6. The summed E-state index contributed by atoms with van der Waals surface area (Å²) in [5.41, 5.74) is 0.626. The summed E-state index contributed by atoms with van der Waals surface area (Å²) in [7, 11) is 5.86. The van der Waals surface area contributed by atoms with Gasteiger partial charge in [-0.3, -0.25) is 0 Å². The van der Waals surface area contributed by atoms with Crippen LogP contribution in [-0.2, 0) is 9.53 Å². The zero-order valence-corrected chi connectivity index (χ0v) is 13.5. The number of hydrogen-bond acceptors (Lipinski definition) is 6. The van der Waals surface area contributed by atoms with Gasteiger partial charge in [-0.2, -0.15) is 0 Å². The molecule has 0 amide bonds. The van der Waals surface area contributed by atoms with E-state index in [0.717, 1.165) is 0 Å². The number of carbonyl (C=O) groups is 1.